The Balaban J connectivity index is 1.73. The second-order valence-electron chi connectivity index (χ2n) is 6.50. The molecule has 32 heavy (non-hydrogen) atoms. The summed E-state index contributed by atoms with van der Waals surface area (Å²) in [6.45, 7) is 1.23. The molecule has 6 nitrogen and oxygen atoms in total. The molecular weight excluding hydrogens is 449 g/mol. The van der Waals surface area contributed by atoms with Gasteiger partial charge in [0.05, 0.1) is 11.3 Å². The fraction of sp³-hybridized carbons (Fsp3) is 0.136. The molecule has 0 aliphatic rings. The van der Waals surface area contributed by atoms with Crippen molar-refractivity contribution in [2.45, 2.75) is 19.2 Å². The largest absolute Gasteiger partial charge is 0.449 e. The maximum absolute atomic E-state index is 13.2. The Hall–Kier alpha value is -3.59. The van der Waals surface area contributed by atoms with E-state index in [4.69, 9.17) is 21.1 Å². The monoisotopic (exact) mass is 464 g/mol. The lowest BCUT2D eigenvalue weighted by atomic mass is 10.1. The number of esters is 1. The van der Waals surface area contributed by atoms with Crippen LogP contribution in [0.3, 0.4) is 0 Å². The molecule has 0 bridgehead atoms. The number of alkyl halides is 3. The number of hydrogen-bond acceptors (Lipinski definition) is 5. The number of benzene rings is 2. The molecule has 0 saturated carbocycles. The Bertz CT molecular complexity index is 1120. The Labute approximate surface area is 185 Å². The highest BCUT2D eigenvalue weighted by Crippen LogP contribution is 2.36. The molecule has 2 aromatic carbocycles. The van der Waals surface area contributed by atoms with Crippen molar-refractivity contribution in [3.63, 3.8) is 0 Å². The van der Waals surface area contributed by atoms with Crippen LogP contribution in [0.25, 0.3) is 0 Å². The van der Waals surface area contributed by atoms with E-state index in [2.05, 4.69) is 10.3 Å². The first-order chi connectivity index (χ1) is 15.1. The summed E-state index contributed by atoms with van der Waals surface area (Å²) in [4.78, 5) is 29.0. The predicted molar refractivity (Wildman–Crippen MR) is 111 cm³/mol. The number of carbonyl (C=O) groups is 2. The van der Waals surface area contributed by atoms with Gasteiger partial charge < -0.3 is 14.8 Å². The van der Waals surface area contributed by atoms with Crippen LogP contribution in [0.4, 0.5) is 18.9 Å². The molecular formula is C22H16ClF3N2O4. The second kappa shape index (κ2) is 9.69. The number of ether oxygens (including phenoxy) is 2. The third-order valence-corrected chi connectivity index (χ3v) is 4.38. The molecule has 0 spiro atoms. The number of hydrogen-bond donors (Lipinski definition) is 1. The number of nitrogens with zero attached hydrogens (tertiary/aromatic N) is 1. The molecule has 1 amide bonds. The second-order valence-corrected chi connectivity index (χ2v) is 6.93. The highest BCUT2D eigenvalue weighted by Gasteiger charge is 2.35. The van der Waals surface area contributed by atoms with Crippen LogP contribution in [0, 0.1) is 0 Å². The SMILES string of the molecule is CC(OC(=O)c1cccnc1Oc1ccccc1)C(=O)Nc1ccc(Cl)cc1C(F)(F)F. The summed E-state index contributed by atoms with van der Waals surface area (Å²) in [7, 11) is 0. The van der Waals surface area contributed by atoms with Gasteiger partial charge >= 0.3 is 12.1 Å². The first-order valence-electron chi connectivity index (χ1n) is 9.21. The summed E-state index contributed by atoms with van der Waals surface area (Å²) in [5.41, 5.74) is -1.69. The number of anilines is 1. The van der Waals surface area contributed by atoms with Crippen molar-refractivity contribution < 1.29 is 32.2 Å². The summed E-state index contributed by atoms with van der Waals surface area (Å²) in [6.07, 6.45) is -4.75. The number of pyridine rings is 1. The smallest absolute Gasteiger partial charge is 0.418 e. The normalized spacial score (nSPS) is 12.0. The van der Waals surface area contributed by atoms with E-state index in [1.54, 1.807) is 30.3 Å². The van der Waals surface area contributed by atoms with Crippen molar-refractivity contribution in [2.75, 3.05) is 5.32 Å². The molecule has 0 aliphatic heterocycles. The van der Waals surface area contributed by atoms with E-state index >= 15 is 0 Å². The van der Waals surface area contributed by atoms with Gasteiger partial charge in [-0.25, -0.2) is 9.78 Å². The van der Waals surface area contributed by atoms with E-state index in [0.717, 1.165) is 6.07 Å². The van der Waals surface area contributed by atoms with Crippen LogP contribution < -0.4 is 10.1 Å². The molecule has 0 fully saturated rings. The van der Waals surface area contributed by atoms with Crippen LogP contribution in [0.2, 0.25) is 5.02 Å². The van der Waals surface area contributed by atoms with Crippen LogP contribution in [0.5, 0.6) is 11.6 Å². The van der Waals surface area contributed by atoms with Gasteiger partial charge in [-0.15, -0.1) is 0 Å². The Morgan fingerprint density at radius 1 is 1.06 bits per heavy atom. The van der Waals surface area contributed by atoms with Gasteiger partial charge in [-0.2, -0.15) is 13.2 Å². The van der Waals surface area contributed by atoms with Crippen molar-refractivity contribution in [3.05, 3.63) is 83.0 Å². The van der Waals surface area contributed by atoms with Crippen molar-refractivity contribution in [1.82, 2.24) is 4.98 Å². The van der Waals surface area contributed by atoms with Crippen molar-refractivity contribution in [2.24, 2.45) is 0 Å². The average molecular weight is 465 g/mol. The van der Waals surface area contributed by atoms with E-state index in [1.807, 2.05) is 0 Å². The summed E-state index contributed by atoms with van der Waals surface area (Å²) in [6, 6.07) is 14.3. The predicted octanol–water partition coefficient (Wildman–Crippen LogP) is 5.73. The fourth-order valence-electron chi connectivity index (χ4n) is 2.60. The van der Waals surface area contributed by atoms with E-state index < -0.39 is 35.4 Å². The van der Waals surface area contributed by atoms with Crippen molar-refractivity contribution in [1.29, 1.82) is 0 Å². The highest BCUT2D eigenvalue weighted by atomic mass is 35.5. The van der Waals surface area contributed by atoms with E-state index in [1.165, 1.54) is 31.3 Å². The molecule has 0 saturated heterocycles. The number of para-hydroxylation sites is 1. The first-order valence-corrected chi connectivity index (χ1v) is 9.59. The van der Waals surface area contributed by atoms with E-state index in [0.29, 0.717) is 11.8 Å². The minimum absolute atomic E-state index is 0.0478. The molecule has 10 heteroatoms. The topological polar surface area (TPSA) is 77.5 Å². The standard InChI is InChI=1S/C22H16ClF3N2O4/c1-13(19(29)28-18-10-9-14(23)12-17(18)22(24,25)26)31-21(30)16-8-5-11-27-20(16)32-15-6-3-2-4-7-15/h2-13H,1H3,(H,28,29). The Morgan fingerprint density at radius 2 is 1.78 bits per heavy atom. The molecule has 166 valence electrons. The van der Waals surface area contributed by atoms with Gasteiger partial charge in [0, 0.05) is 11.2 Å². The summed E-state index contributed by atoms with van der Waals surface area (Å²) >= 11 is 5.63. The van der Waals surface area contributed by atoms with E-state index in [9.17, 15) is 22.8 Å². The fourth-order valence-corrected chi connectivity index (χ4v) is 2.77. The zero-order valence-corrected chi connectivity index (χ0v) is 17.3. The summed E-state index contributed by atoms with van der Waals surface area (Å²) < 4.78 is 50.4. The minimum atomic E-state index is -4.74. The Morgan fingerprint density at radius 3 is 2.47 bits per heavy atom. The molecule has 1 heterocycles. The molecule has 3 rings (SSSR count). The molecule has 3 aromatic rings. The lowest BCUT2D eigenvalue weighted by molar-refractivity contribution is -0.137. The van der Waals surface area contributed by atoms with Gasteiger partial charge in [0.2, 0.25) is 5.88 Å². The molecule has 0 aliphatic carbocycles. The lowest BCUT2D eigenvalue weighted by Gasteiger charge is -2.17. The third kappa shape index (κ3) is 5.76. The maximum Gasteiger partial charge on any atom is 0.418 e. The van der Waals surface area contributed by atoms with Gasteiger partial charge in [-0.05, 0) is 49.4 Å². The van der Waals surface area contributed by atoms with Gasteiger partial charge in [0.15, 0.2) is 6.10 Å². The minimum Gasteiger partial charge on any atom is -0.449 e. The molecule has 0 radical (unpaired) electrons. The molecule has 1 unspecified atom stereocenters. The van der Waals surface area contributed by atoms with Crippen molar-refractivity contribution in [3.8, 4) is 11.6 Å². The molecule has 1 N–H and O–H groups in total. The van der Waals surface area contributed by atoms with Crippen molar-refractivity contribution >= 4 is 29.2 Å². The zero-order valence-electron chi connectivity index (χ0n) is 16.5. The summed E-state index contributed by atoms with van der Waals surface area (Å²) in [5, 5.41) is 1.97. The number of aromatic nitrogens is 1. The third-order valence-electron chi connectivity index (χ3n) is 4.15. The number of rotatable bonds is 6. The average Bonchev–Trinajstić information content (AvgIpc) is 2.75. The number of carbonyl (C=O) groups excluding carboxylic acids is 2. The number of amides is 1. The highest BCUT2D eigenvalue weighted by molar-refractivity contribution is 6.30. The van der Waals surface area contributed by atoms with Crippen LogP contribution in [-0.4, -0.2) is 23.0 Å². The van der Waals surface area contributed by atoms with Gasteiger partial charge in [-0.3, -0.25) is 4.79 Å². The van der Waals surface area contributed by atoms with Crippen LogP contribution in [0.15, 0.2) is 66.9 Å². The molecule has 1 atom stereocenters. The van der Waals surface area contributed by atoms with Gasteiger partial charge in [0.1, 0.15) is 11.3 Å². The van der Waals surface area contributed by atoms with E-state index in [-0.39, 0.29) is 16.5 Å². The summed E-state index contributed by atoms with van der Waals surface area (Å²) in [5.74, 6) is -1.51. The number of halogens is 4. The van der Waals surface area contributed by atoms with Crippen LogP contribution >= 0.6 is 11.6 Å². The Kier molecular flexibility index (Phi) is 6.99. The quantitative estimate of drug-likeness (QED) is 0.471. The lowest BCUT2D eigenvalue weighted by Crippen LogP contribution is -2.31. The number of nitrogens with one attached hydrogen (secondary N) is 1. The van der Waals surface area contributed by atoms with Crippen LogP contribution in [0.1, 0.15) is 22.8 Å². The van der Waals surface area contributed by atoms with Crippen LogP contribution in [-0.2, 0) is 15.7 Å². The van der Waals surface area contributed by atoms with Gasteiger partial charge in [-0.1, -0.05) is 29.8 Å². The molecule has 1 aromatic heterocycles. The first kappa shape index (κ1) is 23.1. The van der Waals surface area contributed by atoms with Gasteiger partial charge in [0.25, 0.3) is 5.91 Å². The maximum atomic E-state index is 13.2. The zero-order chi connectivity index (χ0) is 23.3.